The van der Waals surface area contributed by atoms with E-state index in [1.807, 2.05) is 44.2 Å². The fourth-order valence-electron chi connectivity index (χ4n) is 1.83. The number of benzene rings is 1. The van der Waals surface area contributed by atoms with Crippen molar-refractivity contribution in [2.45, 2.75) is 26.3 Å². The Labute approximate surface area is 107 Å². The molecule has 1 amide bonds. The molecule has 0 radical (unpaired) electrons. The van der Waals surface area contributed by atoms with E-state index in [1.165, 1.54) is 0 Å². The SMILES string of the molecule is Cc1ccc(C(=O)NC(C)Cc2ccoc2)cc1. The maximum atomic E-state index is 12.0. The van der Waals surface area contributed by atoms with Gasteiger partial charge in [-0.1, -0.05) is 17.7 Å². The average molecular weight is 243 g/mol. The molecule has 0 spiro atoms. The highest BCUT2D eigenvalue weighted by atomic mass is 16.3. The normalized spacial score (nSPS) is 12.1. The van der Waals surface area contributed by atoms with Crippen molar-refractivity contribution in [1.29, 1.82) is 0 Å². The van der Waals surface area contributed by atoms with Crippen LogP contribution >= 0.6 is 0 Å². The van der Waals surface area contributed by atoms with Gasteiger partial charge >= 0.3 is 0 Å². The maximum Gasteiger partial charge on any atom is 0.251 e. The van der Waals surface area contributed by atoms with Gasteiger partial charge in [0.05, 0.1) is 12.5 Å². The lowest BCUT2D eigenvalue weighted by molar-refractivity contribution is 0.0940. The first-order chi connectivity index (χ1) is 8.65. The van der Waals surface area contributed by atoms with E-state index in [4.69, 9.17) is 4.42 Å². The fourth-order valence-corrected chi connectivity index (χ4v) is 1.83. The average Bonchev–Trinajstić information content (AvgIpc) is 2.82. The number of furan rings is 1. The van der Waals surface area contributed by atoms with Crippen LogP contribution in [0.4, 0.5) is 0 Å². The minimum absolute atomic E-state index is 0.0361. The molecule has 3 nitrogen and oxygen atoms in total. The number of carbonyl (C=O) groups is 1. The zero-order valence-corrected chi connectivity index (χ0v) is 10.6. The predicted octanol–water partition coefficient (Wildman–Crippen LogP) is 2.95. The zero-order valence-electron chi connectivity index (χ0n) is 10.6. The van der Waals surface area contributed by atoms with E-state index in [2.05, 4.69) is 5.32 Å². The van der Waals surface area contributed by atoms with Crippen LogP contribution in [0.15, 0.2) is 47.3 Å². The molecule has 0 saturated heterocycles. The van der Waals surface area contributed by atoms with E-state index < -0.39 is 0 Å². The van der Waals surface area contributed by atoms with Crippen molar-refractivity contribution in [2.24, 2.45) is 0 Å². The lowest BCUT2D eigenvalue weighted by Gasteiger charge is -2.13. The van der Waals surface area contributed by atoms with Crippen LogP contribution in [0.3, 0.4) is 0 Å². The Morgan fingerprint density at radius 3 is 2.61 bits per heavy atom. The van der Waals surface area contributed by atoms with Gasteiger partial charge in [-0.3, -0.25) is 4.79 Å². The maximum absolute atomic E-state index is 12.0. The molecule has 1 heterocycles. The van der Waals surface area contributed by atoms with Crippen molar-refractivity contribution in [3.8, 4) is 0 Å². The summed E-state index contributed by atoms with van der Waals surface area (Å²) in [6.45, 7) is 3.99. The quantitative estimate of drug-likeness (QED) is 0.897. The summed E-state index contributed by atoms with van der Waals surface area (Å²) in [6.07, 6.45) is 4.12. The molecule has 3 heteroatoms. The summed E-state index contributed by atoms with van der Waals surface area (Å²) in [6, 6.07) is 9.56. The van der Waals surface area contributed by atoms with E-state index in [1.54, 1.807) is 12.5 Å². The molecule has 1 aromatic carbocycles. The molecule has 1 N–H and O–H groups in total. The molecule has 0 bridgehead atoms. The number of hydrogen-bond donors (Lipinski definition) is 1. The summed E-state index contributed by atoms with van der Waals surface area (Å²) in [7, 11) is 0. The monoisotopic (exact) mass is 243 g/mol. The Bertz CT molecular complexity index is 500. The molecule has 2 rings (SSSR count). The first-order valence-corrected chi connectivity index (χ1v) is 6.04. The van der Waals surface area contributed by atoms with Gasteiger partial charge < -0.3 is 9.73 Å². The first kappa shape index (κ1) is 12.4. The van der Waals surface area contributed by atoms with Crippen molar-refractivity contribution in [2.75, 3.05) is 0 Å². The standard InChI is InChI=1S/C15H17NO2/c1-11-3-5-14(6-4-11)15(17)16-12(2)9-13-7-8-18-10-13/h3-8,10,12H,9H2,1-2H3,(H,16,17). The molecule has 1 aromatic heterocycles. The van der Waals surface area contributed by atoms with Crippen LogP contribution in [0.2, 0.25) is 0 Å². The topological polar surface area (TPSA) is 42.2 Å². The van der Waals surface area contributed by atoms with Crippen LogP contribution in [0.25, 0.3) is 0 Å². The molecule has 0 aliphatic carbocycles. The Balaban J connectivity index is 1.92. The first-order valence-electron chi connectivity index (χ1n) is 6.04. The highest BCUT2D eigenvalue weighted by molar-refractivity contribution is 5.94. The van der Waals surface area contributed by atoms with Gasteiger partial charge in [0, 0.05) is 11.6 Å². The van der Waals surface area contributed by atoms with Gasteiger partial charge in [0.15, 0.2) is 0 Å². The summed E-state index contributed by atoms with van der Waals surface area (Å²) in [4.78, 5) is 12.0. The number of nitrogens with one attached hydrogen (secondary N) is 1. The van der Waals surface area contributed by atoms with E-state index in [-0.39, 0.29) is 11.9 Å². The van der Waals surface area contributed by atoms with Gasteiger partial charge in [-0.25, -0.2) is 0 Å². The van der Waals surface area contributed by atoms with Gasteiger partial charge in [0.2, 0.25) is 0 Å². The van der Waals surface area contributed by atoms with Crippen LogP contribution in [-0.4, -0.2) is 11.9 Å². The van der Waals surface area contributed by atoms with Crippen LogP contribution in [0.5, 0.6) is 0 Å². The van der Waals surface area contributed by atoms with Crippen LogP contribution in [0.1, 0.15) is 28.4 Å². The molecule has 1 unspecified atom stereocenters. The predicted molar refractivity (Wildman–Crippen MR) is 70.5 cm³/mol. The zero-order chi connectivity index (χ0) is 13.0. The summed E-state index contributed by atoms with van der Waals surface area (Å²) in [5, 5.41) is 2.97. The third-order valence-corrected chi connectivity index (χ3v) is 2.81. The lowest BCUT2D eigenvalue weighted by atomic mass is 10.1. The van der Waals surface area contributed by atoms with E-state index in [9.17, 15) is 4.79 Å². The molecule has 2 aromatic rings. The van der Waals surface area contributed by atoms with Crippen molar-refractivity contribution in [3.63, 3.8) is 0 Å². The Morgan fingerprint density at radius 1 is 1.28 bits per heavy atom. The number of hydrogen-bond acceptors (Lipinski definition) is 2. The Kier molecular flexibility index (Phi) is 3.82. The fraction of sp³-hybridized carbons (Fsp3) is 0.267. The van der Waals surface area contributed by atoms with E-state index >= 15 is 0 Å². The molecule has 18 heavy (non-hydrogen) atoms. The number of amides is 1. The highest BCUT2D eigenvalue weighted by Crippen LogP contribution is 2.06. The third kappa shape index (κ3) is 3.23. The van der Waals surface area contributed by atoms with Crippen molar-refractivity contribution >= 4 is 5.91 Å². The Hall–Kier alpha value is -2.03. The molecule has 94 valence electrons. The smallest absolute Gasteiger partial charge is 0.251 e. The molecular weight excluding hydrogens is 226 g/mol. The number of aryl methyl sites for hydroxylation is 1. The van der Waals surface area contributed by atoms with Gasteiger partial charge in [-0.15, -0.1) is 0 Å². The van der Waals surface area contributed by atoms with Gasteiger partial charge in [-0.2, -0.15) is 0 Å². The van der Waals surface area contributed by atoms with Crippen LogP contribution < -0.4 is 5.32 Å². The molecule has 0 fully saturated rings. The van der Waals surface area contributed by atoms with Gasteiger partial charge in [0.25, 0.3) is 5.91 Å². The summed E-state index contributed by atoms with van der Waals surface area (Å²) in [5.41, 5.74) is 2.93. The molecular formula is C15H17NO2. The molecule has 0 aliphatic heterocycles. The molecule has 0 aliphatic rings. The van der Waals surface area contributed by atoms with Crippen molar-refractivity contribution in [3.05, 3.63) is 59.5 Å². The van der Waals surface area contributed by atoms with E-state index in [0.717, 1.165) is 17.5 Å². The minimum atomic E-state index is -0.0361. The second kappa shape index (κ2) is 5.54. The summed E-state index contributed by atoms with van der Waals surface area (Å²) >= 11 is 0. The van der Waals surface area contributed by atoms with E-state index in [0.29, 0.717) is 5.56 Å². The van der Waals surface area contributed by atoms with Gasteiger partial charge in [0.1, 0.15) is 0 Å². The summed E-state index contributed by atoms with van der Waals surface area (Å²) < 4.78 is 5.01. The third-order valence-electron chi connectivity index (χ3n) is 2.81. The second-order valence-electron chi connectivity index (χ2n) is 4.58. The largest absolute Gasteiger partial charge is 0.472 e. The highest BCUT2D eigenvalue weighted by Gasteiger charge is 2.10. The number of carbonyl (C=O) groups excluding carboxylic acids is 1. The molecule has 0 saturated carbocycles. The van der Waals surface area contributed by atoms with Gasteiger partial charge in [-0.05, 0) is 44.0 Å². The Morgan fingerprint density at radius 2 is 2.00 bits per heavy atom. The number of rotatable bonds is 4. The minimum Gasteiger partial charge on any atom is -0.472 e. The molecule has 1 atom stereocenters. The van der Waals surface area contributed by atoms with Crippen LogP contribution in [0, 0.1) is 6.92 Å². The second-order valence-corrected chi connectivity index (χ2v) is 4.58. The van der Waals surface area contributed by atoms with Crippen LogP contribution in [-0.2, 0) is 6.42 Å². The van der Waals surface area contributed by atoms with Crippen molar-refractivity contribution < 1.29 is 9.21 Å². The van der Waals surface area contributed by atoms with Crippen molar-refractivity contribution in [1.82, 2.24) is 5.32 Å². The summed E-state index contributed by atoms with van der Waals surface area (Å²) in [5.74, 6) is -0.0361. The lowest BCUT2D eigenvalue weighted by Crippen LogP contribution is -2.33.